The van der Waals surface area contributed by atoms with Gasteiger partial charge in [-0.15, -0.1) is 0 Å². The molecule has 3 nitrogen and oxygen atoms in total. The van der Waals surface area contributed by atoms with Crippen LogP contribution in [0.25, 0.3) is 6.08 Å². The van der Waals surface area contributed by atoms with Crippen molar-refractivity contribution in [3.63, 3.8) is 0 Å². The molecule has 70 valence electrons. The molecule has 1 aromatic rings. The van der Waals surface area contributed by atoms with Gasteiger partial charge in [-0.3, -0.25) is 4.79 Å². The van der Waals surface area contributed by atoms with Gasteiger partial charge >= 0.3 is 0 Å². The number of benzene rings is 1. The zero-order chi connectivity index (χ0) is 10.4. The molecule has 1 aromatic carbocycles. The van der Waals surface area contributed by atoms with E-state index in [0.717, 1.165) is 11.3 Å². The van der Waals surface area contributed by atoms with Crippen LogP contribution in [0.15, 0.2) is 30.3 Å². The lowest BCUT2D eigenvalue weighted by Crippen LogP contribution is -1.84. The SMILES string of the molecule is COc1ccc(C=CC(=O)C#N)cc1. The average Bonchev–Trinajstić information content (AvgIpc) is 2.26. The predicted octanol–water partition coefficient (Wildman–Crippen LogP) is 1.80. The maximum Gasteiger partial charge on any atom is 0.255 e. The van der Waals surface area contributed by atoms with Crippen molar-refractivity contribution >= 4 is 11.9 Å². The normalized spacial score (nSPS) is 9.71. The molecule has 3 heteroatoms. The molecular weight excluding hydrogens is 178 g/mol. The number of allylic oxidation sites excluding steroid dienone is 1. The molecule has 0 bridgehead atoms. The van der Waals surface area contributed by atoms with Crippen molar-refractivity contribution in [1.29, 1.82) is 5.26 Å². The van der Waals surface area contributed by atoms with Crippen LogP contribution in [0, 0.1) is 11.3 Å². The van der Waals surface area contributed by atoms with Crippen LogP contribution < -0.4 is 4.74 Å². The molecular formula is C11H9NO2. The second kappa shape index (κ2) is 4.83. The molecule has 0 fully saturated rings. The van der Waals surface area contributed by atoms with E-state index in [1.165, 1.54) is 12.1 Å². The molecule has 0 saturated carbocycles. The minimum Gasteiger partial charge on any atom is -0.497 e. The van der Waals surface area contributed by atoms with E-state index in [1.807, 2.05) is 0 Å². The third-order valence-electron chi connectivity index (χ3n) is 1.65. The van der Waals surface area contributed by atoms with Crippen LogP contribution in [0.5, 0.6) is 5.75 Å². The Bertz CT molecular complexity index is 385. The average molecular weight is 187 g/mol. The highest BCUT2D eigenvalue weighted by Gasteiger charge is 1.92. The van der Waals surface area contributed by atoms with Crippen LogP contribution in [-0.2, 0) is 4.79 Å². The number of carbonyl (C=O) groups is 1. The summed E-state index contributed by atoms with van der Waals surface area (Å²) in [4.78, 5) is 10.6. The molecule has 0 atom stereocenters. The fourth-order valence-electron chi connectivity index (χ4n) is 0.924. The van der Waals surface area contributed by atoms with E-state index >= 15 is 0 Å². The van der Waals surface area contributed by atoms with Gasteiger partial charge in [-0.1, -0.05) is 18.2 Å². The number of carbonyl (C=O) groups excluding carboxylic acids is 1. The Morgan fingerprint density at radius 1 is 1.43 bits per heavy atom. The number of nitriles is 1. The van der Waals surface area contributed by atoms with Gasteiger partial charge in [0.2, 0.25) is 0 Å². The van der Waals surface area contributed by atoms with Crippen LogP contribution in [0.3, 0.4) is 0 Å². The first kappa shape index (κ1) is 10.0. The Morgan fingerprint density at radius 2 is 2.07 bits per heavy atom. The van der Waals surface area contributed by atoms with E-state index in [9.17, 15) is 4.79 Å². The second-order valence-corrected chi connectivity index (χ2v) is 2.58. The van der Waals surface area contributed by atoms with Gasteiger partial charge in [0.15, 0.2) is 0 Å². The number of nitrogens with zero attached hydrogens (tertiary/aromatic N) is 1. The van der Waals surface area contributed by atoms with E-state index in [4.69, 9.17) is 10.00 Å². The molecule has 0 heterocycles. The summed E-state index contributed by atoms with van der Waals surface area (Å²) in [5.74, 6) is 0.203. The van der Waals surface area contributed by atoms with Gasteiger partial charge < -0.3 is 4.74 Å². The van der Waals surface area contributed by atoms with Crippen molar-refractivity contribution in [3.05, 3.63) is 35.9 Å². The van der Waals surface area contributed by atoms with Gasteiger partial charge in [0.05, 0.1) is 7.11 Å². The number of ether oxygens (including phenoxy) is 1. The van der Waals surface area contributed by atoms with Crippen LogP contribution in [0.1, 0.15) is 5.56 Å². The smallest absolute Gasteiger partial charge is 0.255 e. The third-order valence-corrected chi connectivity index (χ3v) is 1.65. The van der Waals surface area contributed by atoms with Crippen molar-refractivity contribution in [1.82, 2.24) is 0 Å². The molecule has 0 aliphatic carbocycles. The van der Waals surface area contributed by atoms with Crippen molar-refractivity contribution in [2.24, 2.45) is 0 Å². The molecule has 0 aliphatic rings. The van der Waals surface area contributed by atoms with Gasteiger partial charge in [0, 0.05) is 0 Å². The maximum absolute atomic E-state index is 10.6. The highest BCUT2D eigenvalue weighted by Crippen LogP contribution is 2.12. The molecule has 0 N–H and O–H groups in total. The van der Waals surface area contributed by atoms with Crippen LogP contribution in [0.4, 0.5) is 0 Å². The lowest BCUT2D eigenvalue weighted by molar-refractivity contribution is -0.109. The van der Waals surface area contributed by atoms with E-state index < -0.39 is 5.78 Å². The van der Waals surface area contributed by atoms with Crippen molar-refractivity contribution in [3.8, 4) is 11.8 Å². The molecule has 14 heavy (non-hydrogen) atoms. The van der Waals surface area contributed by atoms with Gasteiger partial charge in [-0.25, -0.2) is 0 Å². The fourth-order valence-corrected chi connectivity index (χ4v) is 0.924. The van der Waals surface area contributed by atoms with E-state index in [2.05, 4.69) is 0 Å². The summed E-state index contributed by atoms with van der Waals surface area (Å²) in [6, 6.07) is 8.69. The summed E-state index contributed by atoms with van der Waals surface area (Å²) in [6.45, 7) is 0. The maximum atomic E-state index is 10.6. The lowest BCUT2D eigenvalue weighted by Gasteiger charge is -1.98. The highest BCUT2D eigenvalue weighted by molar-refractivity contribution is 6.04. The molecule has 0 radical (unpaired) electrons. The minimum absolute atomic E-state index is 0.555. The molecule has 0 amide bonds. The summed E-state index contributed by atoms with van der Waals surface area (Å²) < 4.78 is 4.97. The van der Waals surface area contributed by atoms with Crippen molar-refractivity contribution in [2.75, 3.05) is 7.11 Å². The Hall–Kier alpha value is -2.08. The predicted molar refractivity (Wildman–Crippen MR) is 52.6 cm³/mol. The second-order valence-electron chi connectivity index (χ2n) is 2.58. The van der Waals surface area contributed by atoms with Crippen molar-refractivity contribution in [2.45, 2.75) is 0 Å². The van der Waals surface area contributed by atoms with Crippen LogP contribution in [0.2, 0.25) is 0 Å². The Morgan fingerprint density at radius 3 is 2.57 bits per heavy atom. The lowest BCUT2D eigenvalue weighted by atomic mass is 10.2. The van der Waals surface area contributed by atoms with Gasteiger partial charge in [-0.2, -0.15) is 5.26 Å². The largest absolute Gasteiger partial charge is 0.497 e. The molecule has 1 rings (SSSR count). The summed E-state index contributed by atoms with van der Waals surface area (Å²) in [5.41, 5.74) is 0.856. The topological polar surface area (TPSA) is 50.1 Å². The zero-order valence-corrected chi connectivity index (χ0v) is 7.73. The Kier molecular flexibility index (Phi) is 3.45. The molecule has 0 aliphatic heterocycles. The van der Waals surface area contributed by atoms with Crippen LogP contribution >= 0.6 is 0 Å². The first-order chi connectivity index (χ1) is 6.76. The number of ketones is 1. The van der Waals surface area contributed by atoms with E-state index in [1.54, 1.807) is 37.5 Å². The van der Waals surface area contributed by atoms with E-state index in [0.29, 0.717) is 0 Å². The number of methoxy groups -OCH3 is 1. The summed E-state index contributed by atoms with van der Waals surface area (Å²) in [5, 5.41) is 8.22. The first-order valence-corrected chi connectivity index (χ1v) is 4.02. The van der Waals surface area contributed by atoms with Crippen LogP contribution in [-0.4, -0.2) is 12.9 Å². The molecule has 0 unspecified atom stereocenters. The van der Waals surface area contributed by atoms with Gasteiger partial charge in [0.1, 0.15) is 11.8 Å². The number of rotatable bonds is 3. The fraction of sp³-hybridized carbons (Fsp3) is 0.0909. The molecule has 0 saturated heterocycles. The molecule has 0 aromatic heterocycles. The van der Waals surface area contributed by atoms with Gasteiger partial charge in [-0.05, 0) is 23.8 Å². The summed E-state index contributed by atoms with van der Waals surface area (Å²) >= 11 is 0. The highest BCUT2D eigenvalue weighted by atomic mass is 16.5. The number of hydrogen-bond acceptors (Lipinski definition) is 3. The standard InChI is InChI=1S/C11H9NO2/c1-14-11-6-3-9(4-7-11)2-5-10(13)8-12/h2-7H,1H3. The van der Waals surface area contributed by atoms with Crippen molar-refractivity contribution < 1.29 is 9.53 Å². The Balaban J connectivity index is 2.74. The van der Waals surface area contributed by atoms with Gasteiger partial charge in [0.25, 0.3) is 5.78 Å². The first-order valence-electron chi connectivity index (χ1n) is 4.02. The minimum atomic E-state index is -0.555. The monoisotopic (exact) mass is 187 g/mol. The summed E-state index contributed by atoms with van der Waals surface area (Å²) in [6.07, 6.45) is 2.83. The summed E-state index contributed by atoms with van der Waals surface area (Å²) in [7, 11) is 1.59. The number of hydrogen-bond donors (Lipinski definition) is 0. The third kappa shape index (κ3) is 2.76. The molecule has 0 spiro atoms. The van der Waals surface area contributed by atoms with E-state index in [-0.39, 0.29) is 0 Å². The Labute approximate surface area is 82.2 Å². The quantitative estimate of drug-likeness (QED) is 0.535. The zero-order valence-electron chi connectivity index (χ0n) is 7.73.